The molecule has 34 heavy (non-hydrogen) atoms. The average Bonchev–Trinajstić information content (AvgIpc) is 3.13. The van der Waals surface area contributed by atoms with Crippen LogP contribution in [0, 0.1) is 0 Å². The van der Waals surface area contributed by atoms with Crippen LogP contribution in [0.5, 0.6) is 11.5 Å². The summed E-state index contributed by atoms with van der Waals surface area (Å²) in [6, 6.07) is 14.8. The molecular weight excluding hydrogens is 454 g/mol. The van der Waals surface area contributed by atoms with Gasteiger partial charge in [-0.15, -0.1) is 0 Å². The lowest BCUT2D eigenvalue weighted by molar-refractivity contribution is 0.399. The van der Waals surface area contributed by atoms with Gasteiger partial charge in [-0.25, -0.2) is 13.4 Å². The lowest BCUT2D eigenvalue weighted by Gasteiger charge is -2.11. The van der Waals surface area contributed by atoms with Crippen molar-refractivity contribution < 1.29 is 17.9 Å². The molecule has 0 aliphatic heterocycles. The van der Waals surface area contributed by atoms with E-state index in [0.29, 0.717) is 12.2 Å². The summed E-state index contributed by atoms with van der Waals surface area (Å²) in [4.78, 5) is 9.19. The molecule has 4 rings (SSSR count). The van der Waals surface area contributed by atoms with Crippen LogP contribution in [0.1, 0.15) is 5.56 Å². The molecule has 0 spiro atoms. The van der Waals surface area contributed by atoms with Crippen LogP contribution in [0.25, 0.3) is 22.3 Å². The molecule has 0 atom stereocenters. The Bertz CT molecular complexity index is 1430. The number of hydrogen-bond donors (Lipinski definition) is 2. The van der Waals surface area contributed by atoms with E-state index in [9.17, 15) is 8.42 Å². The summed E-state index contributed by atoms with van der Waals surface area (Å²) in [5.74, 6) is 2.32. The highest BCUT2D eigenvalue weighted by atomic mass is 32.2. The topological polar surface area (TPSA) is 107 Å². The Labute approximate surface area is 198 Å². The van der Waals surface area contributed by atoms with Gasteiger partial charge < -0.3 is 19.4 Å². The Morgan fingerprint density at radius 2 is 1.88 bits per heavy atom. The van der Waals surface area contributed by atoms with Crippen LogP contribution in [-0.2, 0) is 23.5 Å². The lowest BCUT2D eigenvalue weighted by Crippen LogP contribution is -2.09. The van der Waals surface area contributed by atoms with Crippen molar-refractivity contribution in [3.63, 3.8) is 0 Å². The minimum absolute atomic E-state index is 0.488. The summed E-state index contributed by atoms with van der Waals surface area (Å²) >= 11 is 0. The quantitative estimate of drug-likeness (QED) is 0.375. The monoisotopic (exact) mass is 481 g/mol. The Hall–Kier alpha value is -3.79. The van der Waals surface area contributed by atoms with Gasteiger partial charge in [-0.2, -0.15) is 0 Å². The normalized spacial score (nSPS) is 11.4. The molecule has 0 fully saturated rings. The Kier molecular flexibility index (Phi) is 6.60. The highest BCUT2D eigenvalue weighted by molar-refractivity contribution is 7.92. The summed E-state index contributed by atoms with van der Waals surface area (Å²) in [7, 11) is 1.88. The number of aromatic nitrogens is 3. The van der Waals surface area contributed by atoms with Gasteiger partial charge in [-0.05, 0) is 48.4 Å². The fourth-order valence-corrected chi connectivity index (χ4v) is 4.31. The first-order valence-electron chi connectivity index (χ1n) is 10.6. The number of imidazole rings is 1. The van der Waals surface area contributed by atoms with Crippen LogP contribution >= 0.6 is 0 Å². The van der Waals surface area contributed by atoms with E-state index in [-0.39, 0.29) is 0 Å². The Balaban J connectivity index is 1.54. The van der Waals surface area contributed by atoms with Crippen molar-refractivity contribution in [2.75, 3.05) is 37.1 Å². The van der Waals surface area contributed by atoms with Crippen LogP contribution in [0.4, 0.5) is 11.6 Å². The van der Waals surface area contributed by atoms with Crippen LogP contribution in [0.15, 0.2) is 54.7 Å². The number of fused-ring (bicyclic) bond motifs is 1. The molecule has 2 aromatic carbocycles. The zero-order chi connectivity index (χ0) is 24.3. The van der Waals surface area contributed by atoms with E-state index < -0.39 is 10.0 Å². The van der Waals surface area contributed by atoms with Crippen molar-refractivity contribution in [1.82, 2.24) is 14.5 Å². The predicted octanol–water partition coefficient (Wildman–Crippen LogP) is 3.68. The first-order chi connectivity index (χ1) is 16.3. The zero-order valence-electron chi connectivity index (χ0n) is 19.5. The molecule has 0 bridgehead atoms. The summed E-state index contributed by atoms with van der Waals surface area (Å²) in [6.07, 6.45) is 3.57. The molecule has 2 N–H and O–H groups in total. The molecule has 0 radical (unpaired) electrons. The third-order valence-electron chi connectivity index (χ3n) is 5.39. The summed E-state index contributed by atoms with van der Waals surface area (Å²) < 4.78 is 38.4. The van der Waals surface area contributed by atoms with E-state index in [1.807, 2.05) is 41.9 Å². The molecule has 0 aliphatic carbocycles. The third-order valence-corrected chi connectivity index (χ3v) is 6.00. The summed E-state index contributed by atoms with van der Waals surface area (Å²) in [6.45, 7) is 0.653. The SMILES string of the molecule is COc1ccc(OC)c(CCNc2nc3cnc(-c4cccc(NS(C)(=O)=O)c4)cc3n2C)c1. The number of sulfonamides is 1. The van der Waals surface area contributed by atoms with Gasteiger partial charge in [0.05, 0.1) is 37.9 Å². The number of aryl methyl sites for hydroxylation is 1. The molecule has 9 nitrogen and oxygen atoms in total. The van der Waals surface area contributed by atoms with Crippen molar-refractivity contribution in [1.29, 1.82) is 0 Å². The lowest BCUT2D eigenvalue weighted by atomic mass is 10.1. The molecule has 10 heteroatoms. The fourth-order valence-electron chi connectivity index (χ4n) is 3.75. The number of hydrogen-bond acceptors (Lipinski definition) is 7. The van der Waals surface area contributed by atoms with E-state index in [1.54, 1.807) is 38.6 Å². The second-order valence-corrected chi connectivity index (χ2v) is 9.61. The van der Waals surface area contributed by atoms with Crippen molar-refractivity contribution in [3.8, 4) is 22.8 Å². The molecule has 0 saturated carbocycles. The molecule has 2 heterocycles. The van der Waals surface area contributed by atoms with E-state index in [1.165, 1.54) is 0 Å². The summed E-state index contributed by atoms with van der Waals surface area (Å²) in [5, 5.41) is 3.38. The molecule has 0 aliphatic rings. The van der Waals surface area contributed by atoms with Crippen molar-refractivity contribution in [2.24, 2.45) is 7.05 Å². The summed E-state index contributed by atoms with van der Waals surface area (Å²) in [5.41, 5.74) is 4.73. The number of methoxy groups -OCH3 is 2. The smallest absolute Gasteiger partial charge is 0.229 e. The number of ether oxygens (including phenoxy) is 2. The van der Waals surface area contributed by atoms with Crippen molar-refractivity contribution >= 4 is 32.7 Å². The first-order valence-corrected chi connectivity index (χ1v) is 12.5. The number of pyridine rings is 1. The van der Waals surface area contributed by atoms with Gasteiger partial charge in [0.25, 0.3) is 0 Å². The standard InChI is InChI=1S/C24H27N5O4S/c1-29-22-14-20(16-6-5-7-18(12-16)28-34(4,30)31)26-15-21(22)27-24(29)25-11-10-17-13-19(32-2)8-9-23(17)33-3/h5-9,12-15,28H,10-11H2,1-4H3,(H,25,27). The second-order valence-electron chi connectivity index (χ2n) is 7.86. The maximum atomic E-state index is 11.6. The van der Waals surface area contributed by atoms with Crippen LogP contribution < -0.4 is 19.5 Å². The molecule has 0 amide bonds. The molecule has 0 saturated heterocycles. The first kappa shape index (κ1) is 23.4. The zero-order valence-corrected chi connectivity index (χ0v) is 20.3. The van der Waals surface area contributed by atoms with Gasteiger partial charge in [-0.3, -0.25) is 9.71 Å². The fraction of sp³-hybridized carbons (Fsp3) is 0.250. The van der Waals surface area contributed by atoms with E-state index in [4.69, 9.17) is 9.47 Å². The number of nitrogens with zero attached hydrogens (tertiary/aromatic N) is 3. The molecule has 178 valence electrons. The maximum Gasteiger partial charge on any atom is 0.229 e. The average molecular weight is 482 g/mol. The molecular formula is C24H27N5O4S. The number of nitrogens with one attached hydrogen (secondary N) is 2. The van der Waals surface area contributed by atoms with Crippen molar-refractivity contribution in [3.05, 3.63) is 60.3 Å². The maximum absolute atomic E-state index is 11.6. The Morgan fingerprint density at radius 3 is 2.62 bits per heavy atom. The Morgan fingerprint density at radius 1 is 1.06 bits per heavy atom. The number of rotatable bonds is 9. The highest BCUT2D eigenvalue weighted by Gasteiger charge is 2.12. The van der Waals surface area contributed by atoms with Crippen LogP contribution in [0.3, 0.4) is 0 Å². The number of anilines is 2. The predicted molar refractivity (Wildman–Crippen MR) is 134 cm³/mol. The van der Waals surface area contributed by atoms with Gasteiger partial charge in [-0.1, -0.05) is 12.1 Å². The highest BCUT2D eigenvalue weighted by Crippen LogP contribution is 2.27. The van der Waals surface area contributed by atoms with Gasteiger partial charge in [0.2, 0.25) is 16.0 Å². The van der Waals surface area contributed by atoms with Crippen LogP contribution in [0.2, 0.25) is 0 Å². The number of benzene rings is 2. The molecule has 2 aromatic heterocycles. The minimum atomic E-state index is -3.36. The third kappa shape index (κ3) is 5.23. The van der Waals surface area contributed by atoms with E-state index in [0.717, 1.165) is 58.0 Å². The van der Waals surface area contributed by atoms with E-state index >= 15 is 0 Å². The minimum Gasteiger partial charge on any atom is -0.497 e. The molecule has 0 unspecified atom stereocenters. The van der Waals surface area contributed by atoms with Gasteiger partial charge in [0, 0.05) is 24.8 Å². The van der Waals surface area contributed by atoms with Gasteiger partial charge >= 0.3 is 0 Å². The van der Waals surface area contributed by atoms with Crippen LogP contribution in [-0.4, -0.2) is 50.0 Å². The van der Waals surface area contributed by atoms with Crippen molar-refractivity contribution in [2.45, 2.75) is 6.42 Å². The van der Waals surface area contributed by atoms with Gasteiger partial charge in [0.15, 0.2) is 0 Å². The van der Waals surface area contributed by atoms with E-state index in [2.05, 4.69) is 20.0 Å². The largest absolute Gasteiger partial charge is 0.497 e. The second kappa shape index (κ2) is 9.60. The van der Waals surface area contributed by atoms with Gasteiger partial charge in [0.1, 0.15) is 17.0 Å². The molecule has 4 aromatic rings.